The molecule has 0 radical (unpaired) electrons. The van der Waals surface area contributed by atoms with Gasteiger partial charge in [-0.3, -0.25) is 0 Å². The van der Waals surface area contributed by atoms with Crippen LogP contribution in [0.1, 0.15) is 12.5 Å². The first kappa shape index (κ1) is 25.1. The van der Waals surface area contributed by atoms with E-state index >= 15 is 0 Å². The second kappa shape index (κ2) is 11.2. The summed E-state index contributed by atoms with van der Waals surface area (Å²) >= 11 is 0. The fraction of sp³-hybridized carbons (Fsp3) is 0.0526. The molecule has 0 unspecified atom stereocenters. The molecule has 0 bridgehead atoms. The van der Waals surface area contributed by atoms with Crippen LogP contribution in [0.25, 0.3) is 22.3 Å². The van der Waals surface area contributed by atoms with E-state index in [-0.39, 0.29) is 0 Å². The Labute approximate surface area is 233 Å². The van der Waals surface area contributed by atoms with Crippen LogP contribution in [0.5, 0.6) is 0 Å². The van der Waals surface area contributed by atoms with Crippen LogP contribution in [0.2, 0.25) is 0 Å². The molecule has 0 heterocycles. The summed E-state index contributed by atoms with van der Waals surface area (Å²) in [5, 5.41) is 5.49. The van der Waals surface area contributed by atoms with Crippen LogP contribution in [0, 0.1) is 0 Å². The molecule has 0 N–H and O–H groups in total. The second-order valence-corrected chi connectivity index (χ2v) is 13.1. The third-order valence-corrected chi connectivity index (χ3v) is 11.9. The third kappa shape index (κ3) is 4.52. The van der Waals surface area contributed by atoms with Crippen molar-refractivity contribution in [3.05, 3.63) is 169 Å². The lowest BCUT2D eigenvalue weighted by atomic mass is 9.89. The number of hydrogen-bond donors (Lipinski definition) is 0. The average Bonchev–Trinajstić information content (AvgIpc) is 3.03. The molecule has 0 amide bonds. The number of hydrogen-bond acceptors (Lipinski definition) is 0. The molecule has 188 valence electrons. The molecular weight excluding hydrogens is 487 g/mol. The molecule has 0 atom stereocenters. The Morgan fingerprint density at radius 2 is 0.744 bits per heavy atom. The number of rotatable bonds is 7. The van der Waals surface area contributed by atoms with Crippen LogP contribution in [-0.4, -0.2) is 0 Å². The highest BCUT2D eigenvalue weighted by atomic mass is 31.2. The monoisotopic (exact) mass is 519 g/mol. The molecule has 6 aromatic rings. The third-order valence-electron chi connectivity index (χ3n) is 7.57. The summed E-state index contributed by atoms with van der Waals surface area (Å²) in [6.07, 6.45) is 0.970. The van der Waals surface area contributed by atoms with Crippen molar-refractivity contribution in [3.63, 3.8) is 0 Å². The van der Waals surface area contributed by atoms with Crippen molar-refractivity contribution in [2.45, 2.75) is 13.3 Å². The predicted octanol–water partition coefficient (Wildman–Crippen LogP) is 8.20. The van der Waals surface area contributed by atoms with Gasteiger partial charge in [-0.05, 0) is 71.1 Å². The minimum atomic E-state index is -2.29. The number of aryl methyl sites for hydroxylation is 1. The standard InChI is InChI=1S/C38H32P/c1-2-30-28-29-36(38(32-20-10-4-11-21-32)37(30)31-18-8-3-9-19-31)39(33-22-12-5-13-23-33,34-24-14-6-15-25-34)35-26-16-7-17-27-35/h3-29H,2H2,1H3/q+1. The summed E-state index contributed by atoms with van der Waals surface area (Å²) in [6.45, 7) is 2.27. The van der Waals surface area contributed by atoms with Crippen molar-refractivity contribution in [2.75, 3.05) is 0 Å². The van der Waals surface area contributed by atoms with Gasteiger partial charge in [-0.2, -0.15) is 0 Å². The van der Waals surface area contributed by atoms with E-state index in [0.717, 1.165) is 6.42 Å². The Kier molecular flexibility index (Phi) is 7.22. The Morgan fingerprint density at radius 1 is 0.385 bits per heavy atom. The van der Waals surface area contributed by atoms with Gasteiger partial charge in [0.15, 0.2) is 0 Å². The summed E-state index contributed by atoms with van der Waals surface area (Å²) in [5.41, 5.74) is 6.58. The fourth-order valence-corrected chi connectivity index (χ4v) is 10.3. The van der Waals surface area contributed by atoms with Gasteiger partial charge in [0.1, 0.15) is 28.5 Å². The predicted molar refractivity (Wildman–Crippen MR) is 171 cm³/mol. The Bertz CT molecular complexity index is 1550. The first-order valence-corrected chi connectivity index (χ1v) is 15.5. The SMILES string of the molecule is CCc1ccc([P+](c2ccccc2)(c2ccccc2)c2ccccc2)c(-c2ccccc2)c1-c1ccccc1. The van der Waals surface area contributed by atoms with Crippen LogP contribution in [0.15, 0.2) is 164 Å². The number of benzene rings is 6. The van der Waals surface area contributed by atoms with Gasteiger partial charge in [-0.1, -0.05) is 128 Å². The van der Waals surface area contributed by atoms with Crippen molar-refractivity contribution >= 4 is 28.5 Å². The van der Waals surface area contributed by atoms with E-state index in [1.807, 2.05) is 0 Å². The summed E-state index contributed by atoms with van der Waals surface area (Å²) in [5.74, 6) is 0. The van der Waals surface area contributed by atoms with Crippen LogP contribution >= 0.6 is 7.26 Å². The molecule has 6 aromatic carbocycles. The summed E-state index contributed by atoms with van der Waals surface area (Å²) in [7, 11) is -2.29. The Balaban J connectivity index is 1.85. The van der Waals surface area contributed by atoms with Crippen LogP contribution in [-0.2, 0) is 6.42 Å². The molecule has 0 saturated carbocycles. The van der Waals surface area contributed by atoms with Crippen molar-refractivity contribution in [3.8, 4) is 22.3 Å². The minimum absolute atomic E-state index is 0.970. The van der Waals surface area contributed by atoms with Crippen molar-refractivity contribution < 1.29 is 0 Å². The quantitative estimate of drug-likeness (QED) is 0.187. The maximum Gasteiger partial charge on any atom is 0.144 e. The highest BCUT2D eigenvalue weighted by molar-refractivity contribution is 8.01. The first-order valence-electron chi connectivity index (χ1n) is 13.7. The van der Waals surface area contributed by atoms with Crippen LogP contribution in [0.3, 0.4) is 0 Å². The molecular formula is C38H32P+. The molecule has 0 aliphatic carbocycles. The summed E-state index contributed by atoms with van der Waals surface area (Å²) < 4.78 is 0. The second-order valence-electron chi connectivity index (χ2n) is 9.76. The van der Waals surface area contributed by atoms with E-state index in [2.05, 4.69) is 171 Å². The maximum atomic E-state index is 2.44. The van der Waals surface area contributed by atoms with E-state index in [4.69, 9.17) is 0 Å². The normalized spacial score (nSPS) is 11.3. The Hall–Kier alpha value is -4.25. The van der Waals surface area contributed by atoms with E-state index in [0.29, 0.717) is 0 Å². The van der Waals surface area contributed by atoms with Gasteiger partial charge in [-0.25, -0.2) is 0 Å². The largest absolute Gasteiger partial charge is 0.144 e. The smallest absolute Gasteiger partial charge is 0.0622 e. The van der Waals surface area contributed by atoms with Crippen molar-refractivity contribution in [1.82, 2.24) is 0 Å². The highest BCUT2D eigenvalue weighted by Crippen LogP contribution is 2.57. The fourth-order valence-electron chi connectivity index (χ4n) is 5.86. The van der Waals surface area contributed by atoms with Gasteiger partial charge in [0, 0.05) is 5.56 Å². The van der Waals surface area contributed by atoms with Crippen LogP contribution < -0.4 is 21.2 Å². The average molecular weight is 520 g/mol. The van der Waals surface area contributed by atoms with Gasteiger partial charge in [0.05, 0.1) is 0 Å². The zero-order valence-electron chi connectivity index (χ0n) is 22.2. The molecule has 0 aliphatic rings. The molecule has 0 nitrogen and oxygen atoms in total. The van der Waals surface area contributed by atoms with Crippen molar-refractivity contribution in [2.24, 2.45) is 0 Å². The molecule has 6 rings (SSSR count). The molecule has 0 spiro atoms. The van der Waals surface area contributed by atoms with Crippen molar-refractivity contribution in [1.29, 1.82) is 0 Å². The van der Waals surface area contributed by atoms with Gasteiger partial charge in [0.2, 0.25) is 0 Å². The lowest BCUT2D eigenvalue weighted by molar-refractivity contribution is 1.14. The summed E-state index contributed by atoms with van der Waals surface area (Å²) in [4.78, 5) is 0. The van der Waals surface area contributed by atoms with E-state index in [1.54, 1.807) is 0 Å². The topological polar surface area (TPSA) is 0 Å². The first-order chi connectivity index (χ1) is 19.3. The van der Waals surface area contributed by atoms with Crippen LogP contribution in [0.4, 0.5) is 0 Å². The minimum Gasteiger partial charge on any atom is -0.0622 e. The van der Waals surface area contributed by atoms with Gasteiger partial charge in [0.25, 0.3) is 0 Å². The molecule has 39 heavy (non-hydrogen) atoms. The van der Waals surface area contributed by atoms with E-state index in [9.17, 15) is 0 Å². The molecule has 0 aliphatic heterocycles. The van der Waals surface area contributed by atoms with Gasteiger partial charge < -0.3 is 0 Å². The highest BCUT2D eigenvalue weighted by Gasteiger charge is 2.49. The van der Waals surface area contributed by atoms with Gasteiger partial charge >= 0.3 is 0 Å². The summed E-state index contributed by atoms with van der Waals surface area (Å²) in [6, 6.07) is 60.3. The zero-order chi connectivity index (χ0) is 26.5. The Morgan fingerprint density at radius 3 is 1.13 bits per heavy atom. The zero-order valence-corrected chi connectivity index (χ0v) is 23.1. The molecule has 0 fully saturated rings. The molecule has 0 aromatic heterocycles. The molecule has 1 heteroatoms. The maximum absolute atomic E-state index is 2.44. The molecule has 0 saturated heterocycles. The lowest BCUT2D eigenvalue weighted by Gasteiger charge is -2.31. The lowest BCUT2D eigenvalue weighted by Crippen LogP contribution is -2.39. The van der Waals surface area contributed by atoms with E-state index in [1.165, 1.54) is 49.0 Å². The van der Waals surface area contributed by atoms with Gasteiger partial charge in [-0.15, -0.1) is 0 Å². The van der Waals surface area contributed by atoms with E-state index < -0.39 is 7.26 Å².